The van der Waals surface area contributed by atoms with Gasteiger partial charge in [-0.05, 0) is 79.8 Å². The standard InChI is InChI=1S/C41H45F3N12O4/c1-5-35(28(2)60-38(57)24-51(3)4)56-39(58)55(27-48-56)37-17-15-32(23-46-37)53-20-18-52(19-21-53)31-13-10-29(11-14-31)30-12-16-36(45-22-30)41(43,44)40(59,25-54-26-47-49-50-54)33-8-6-7-9-34(33)42/h6-17,22-23,26-28,35,59H,5,18-21,24-25H2,1-4H3/t28-,35-,40+/m0/s1. The molecule has 1 aliphatic rings. The summed E-state index contributed by atoms with van der Waals surface area (Å²) in [5, 5.41) is 26.3. The first kappa shape index (κ1) is 41.7. The van der Waals surface area contributed by atoms with E-state index in [9.17, 15) is 19.1 Å². The van der Waals surface area contributed by atoms with Crippen molar-refractivity contribution in [3.05, 3.63) is 125 Å². The zero-order valence-corrected chi connectivity index (χ0v) is 33.5. The van der Waals surface area contributed by atoms with Crippen molar-refractivity contribution in [1.82, 2.24) is 49.4 Å². The van der Waals surface area contributed by atoms with Gasteiger partial charge in [-0.25, -0.2) is 28.1 Å². The number of benzene rings is 2. The van der Waals surface area contributed by atoms with E-state index in [0.29, 0.717) is 17.8 Å². The molecular formula is C41H45F3N12O4. The zero-order chi connectivity index (χ0) is 42.6. The van der Waals surface area contributed by atoms with Gasteiger partial charge in [0.1, 0.15) is 36.1 Å². The number of aromatic nitrogens is 9. The highest BCUT2D eigenvalue weighted by molar-refractivity contribution is 5.71. The van der Waals surface area contributed by atoms with Crippen molar-refractivity contribution in [3.63, 3.8) is 0 Å². The molecule has 5 heterocycles. The number of pyridine rings is 2. The number of esters is 1. The molecule has 3 atom stereocenters. The summed E-state index contributed by atoms with van der Waals surface area (Å²) >= 11 is 0. The smallest absolute Gasteiger partial charge is 0.351 e. The molecule has 4 aromatic heterocycles. The van der Waals surface area contributed by atoms with Gasteiger partial charge in [0.25, 0.3) is 0 Å². The molecule has 0 saturated carbocycles. The minimum absolute atomic E-state index is 0.135. The van der Waals surface area contributed by atoms with Crippen LogP contribution in [-0.2, 0) is 27.6 Å². The normalized spacial score (nSPS) is 15.5. The number of halogens is 3. The van der Waals surface area contributed by atoms with Gasteiger partial charge in [-0.1, -0.05) is 43.3 Å². The number of tetrazole rings is 1. The van der Waals surface area contributed by atoms with E-state index in [1.807, 2.05) is 37.3 Å². The molecular weight excluding hydrogens is 782 g/mol. The number of likely N-dealkylation sites (N-methyl/N-ethyl adjacent to an activating group) is 1. The minimum Gasteiger partial charge on any atom is -0.459 e. The largest absolute Gasteiger partial charge is 0.459 e. The van der Waals surface area contributed by atoms with E-state index >= 15 is 8.78 Å². The summed E-state index contributed by atoms with van der Waals surface area (Å²) in [5.74, 6) is -5.01. The Morgan fingerprint density at radius 2 is 1.58 bits per heavy atom. The molecule has 1 fully saturated rings. The molecule has 0 unspecified atom stereocenters. The van der Waals surface area contributed by atoms with Crippen LogP contribution in [0.4, 0.5) is 24.5 Å². The van der Waals surface area contributed by atoms with E-state index in [1.165, 1.54) is 40.0 Å². The quantitative estimate of drug-likeness (QED) is 0.148. The van der Waals surface area contributed by atoms with Crippen LogP contribution in [0.1, 0.15) is 37.6 Å². The first-order valence-corrected chi connectivity index (χ1v) is 19.4. The molecule has 16 nitrogen and oxygen atoms in total. The van der Waals surface area contributed by atoms with Crippen molar-refractivity contribution in [2.24, 2.45) is 0 Å². The second kappa shape index (κ2) is 17.4. The van der Waals surface area contributed by atoms with Crippen LogP contribution in [0.3, 0.4) is 0 Å². The van der Waals surface area contributed by atoms with E-state index in [-0.39, 0.29) is 18.2 Å². The molecule has 6 aromatic rings. The molecule has 0 spiro atoms. The van der Waals surface area contributed by atoms with Crippen LogP contribution in [0.15, 0.2) is 103 Å². The third kappa shape index (κ3) is 8.48. The Bertz CT molecular complexity index is 2420. The molecule has 0 radical (unpaired) electrons. The number of nitrogens with zero attached hydrogens (tertiary/aromatic N) is 12. The highest BCUT2D eigenvalue weighted by Crippen LogP contribution is 2.46. The lowest BCUT2D eigenvalue weighted by Gasteiger charge is -2.37. The van der Waals surface area contributed by atoms with E-state index in [0.717, 1.165) is 72.3 Å². The number of hydrogen-bond donors (Lipinski definition) is 1. The predicted octanol–water partition coefficient (Wildman–Crippen LogP) is 4.07. The van der Waals surface area contributed by atoms with Crippen molar-refractivity contribution in [1.29, 1.82) is 0 Å². The van der Waals surface area contributed by atoms with Crippen molar-refractivity contribution in [2.45, 2.75) is 50.5 Å². The predicted molar refractivity (Wildman–Crippen MR) is 215 cm³/mol. The van der Waals surface area contributed by atoms with Gasteiger partial charge in [0, 0.05) is 49.2 Å². The Morgan fingerprint density at radius 1 is 0.900 bits per heavy atom. The number of hydrogen-bond acceptors (Lipinski definition) is 13. The molecule has 2 aromatic carbocycles. The van der Waals surface area contributed by atoms with Crippen molar-refractivity contribution >= 4 is 17.3 Å². The van der Waals surface area contributed by atoms with Crippen molar-refractivity contribution in [3.8, 4) is 16.9 Å². The zero-order valence-electron chi connectivity index (χ0n) is 33.5. The van der Waals surface area contributed by atoms with Crippen LogP contribution < -0.4 is 15.5 Å². The number of aliphatic hydroxyl groups is 1. The van der Waals surface area contributed by atoms with Gasteiger partial charge in [0.05, 0.1) is 31.0 Å². The number of ether oxygens (including phenoxy) is 1. The third-order valence-corrected chi connectivity index (χ3v) is 10.6. The van der Waals surface area contributed by atoms with Crippen LogP contribution in [-0.4, -0.2) is 113 Å². The van der Waals surface area contributed by atoms with Crippen LogP contribution in [0.2, 0.25) is 0 Å². The van der Waals surface area contributed by atoms with Crippen LogP contribution in [0.25, 0.3) is 16.9 Å². The van der Waals surface area contributed by atoms with E-state index in [2.05, 4.69) is 40.4 Å². The molecule has 1 aliphatic heterocycles. The maximum absolute atomic E-state index is 16.2. The average molecular weight is 827 g/mol. The third-order valence-electron chi connectivity index (χ3n) is 10.6. The maximum atomic E-state index is 16.2. The summed E-state index contributed by atoms with van der Waals surface area (Å²) in [6.07, 6.45) is 5.49. The number of carbonyl (C=O) groups is 1. The fourth-order valence-corrected chi connectivity index (χ4v) is 7.38. The minimum atomic E-state index is -4.04. The van der Waals surface area contributed by atoms with Gasteiger partial charge in [-0.15, -0.1) is 5.10 Å². The molecule has 0 bridgehead atoms. The summed E-state index contributed by atoms with van der Waals surface area (Å²) in [7, 11) is 3.56. The average Bonchev–Trinajstić information content (AvgIpc) is 3.90. The summed E-state index contributed by atoms with van der Waals surface area (Å²) in [5.41, 5.74) is -1.59. The van der Waals surface area contributed by atoms with Crippen LogP contribution in [0.5, 0.6) is 0 Å². The molecule has 314 valence electrons. The van der Waals surface area contributed by atoms with Crippen LogP contribution in [0, 0.1) is 5.82 Å². The van der Waals surface area contributed by atoms with Crippen molar-refractivity contribution in [2.75, 3.05) is 56.6 Å². The number of carbonyl (C=O) groups excluding carboxylic acids is 1. The van der Waals surface area contributed by atoms with E-state index < -0.39 is 47.3 Å². The summed E-state index contributed by atoms with van der Waals surface area (Å²) in [4.78, 5) is 40.4. The topological polar surface area (TPSA) is 165 Å². The van der Waals surface area contributed by atoms with Gasteiger partial charge in [0.15, 0.2) is 5.60 Å². The number of anilines is 2. The number of alkyl halides is 2. The summed E-state index contributed by atoms with van der Waals surface area (Å²) in [6, 6.07) is 18.4. The Kier molecular flexibility index (Phi) is 12.1. The van der Waals surface area contributed by atoms with E-state index in [4.69, 9.17) is 4.74 Å². The van der Waals surface area contributed by atoms with Gasteiger partial charge in [0.2, 0.25) is 0 Å². The van der Waals surface area contributed by atoms with Gasteiger partial charge < -0.3 is 19.6 Å². The fraction of sp³-hybridized carbons (Fsp3) is 0.366. The SMILES string of the molecule is CC[C@@H]([C@H](C)OC(=O)CN(C)C)n1ncn(-c2ccc(N3CCN(c4ccc(-c5ccc(C(F)(F)[C@@](O)(Cn6cnnn6)c6ccccc6F)nc5)cc4)CC3)cn2)c1=O. The molecule has 60 heavy (non-hydrogen) atoms. The molecule has 1 N–H and O–H groups in total. The number of piperazine rings is 1. The molecule has 19 heteroatoms. The Balaban J connectivity index is 0.971. The Labute approximate surface area is 343 Å². The van der Waals surface area contributed by atoms with Gasteiger partial charge in [-0.2, -0.15) is 13.9 Å². The van der Waals surface area contributed by atoms with Crippen molar-refractivity contribution < 1.29 is 27.8 Å². The highest BCUT2D eigenvalue weighted by Gasteiger charge is 2.57. The fourth-order valence-electron chi connectivity index (χ4n) is 7.38. The Morgan fingerprint density at radius 3 is 2.18 bits per heavy atom. The second-order valence-electron chi connectivity index (χ2n) is 14.9. The molecule has 0 amide bonds. The molecule has 1 saturated heterocycles. The second-order valence-corrected chi connectivity index (χ2v) is 14.9. The van der Waals surface area contributed by atoms with Gasteiger partial charge >= 0.3 is 17.6 Å². The number of rotatable bonds is 15. The van der Waals surface area contributed by atoms with E-state index in [1.54, 1.807) is 38.2 Å². The first-order valence-electron chi connectivity index (χ1n) is 19.4. The lowest BCUT2D eigenvalue weighted by molar-refractivity contribution is -0.207. The van der Waals surface area contributed by atoms with Gasteiger partial charge in [-0.3, -0.25) is 14.7 Å². The monoisotopic (exact) mass is 826 g/mol. The Hall–Kier alpha value is -6.47. The lowest BCUT2D eigenvalue weighted by atomic mass is 9.84. The molecule has 0 aliphatic carbocycles. The maximum Gasteiger partial charge on any atom is 0.351 e. The van der Waals surface area contributed by atoms with Crippen LogP contribution >= 0.6 is 0 Å². The summed E-state index contributed by atoms with van der Waals surface area (Å²) < 4.78 is 56.5. The highest BCUT2D eigenvalue weighted by atomic mass is 19.3. The lowest BCUT2D eigenvalue weighted by Crippen LogP contribution is -2.48. The first-order chi connectivity index (χ1) is 28.8. The summed E-state index contributed by atoms with van der Waals surface area (Å²) in [6.45, 7) is 5.86. The molecule has 7 rings (SSSR count).